The highest BCUT2D eigenvalue weighted by Gasteiger charge is 2.08. The number of anilines is 2. The number of nitrogens with one attached hydrogen (secondary N) is 1. The van der Waals surface area contributed by atoms with E-state index in [1.54, 1.807) is 23.7 Å². The van der Waals surface area contributed by atoms with Crippen molar-refractivity contribution in [1.29, 1.82) is 0 Å². The molecule has 2 heterocycles. The van der Waals surface area contributed by atoms with Crippen molar-refractivity contribution >= 4 is 43.8 Å². The number of nitrogens with zero attached hydrogens (tertiary/aromatic N) is 2. The minimum Gasteiger partial charge on any atom is -0.507 e. The molecule has 2 aromatic heterocycles. The van der Waals surface area contributed by atoms with Crippen LogP contribution in [0.1, 0.15) is 0 Å². The summed E-state index contributed by atoms with van der Waals surface area (Å²) in [5.74, 6) is 1.05. The van der Waals surface area contributed by atoms with Crippen LogP contribution in [0.25, 0.3) is 21.0 Å². The molecule has 0 spiro atoms. The van der Waals surface area contributed by atoms with Crippen molar-refractivity contribution in [1.82, 2.24) is 9.97 Å². The molecule has 0 saturated carbocycles. The number of thiophene rings is 1. The Morgan fingerprint density at radius 1 is 0.905 bits per heavy atom. The molecule has 0 bridgehead atoms. The molecule has 0 saturated heterocycles. The van der Waals surface area contributed by atoms with Gasteiger partial charge >= 0.3 is 0 Å². The van der Waals surface area contributed by atoms with Gasteiger partial charge in [-0.2, -0.15) is 0 Å². The van der Waals surface area contributed by atoms with Crippen molar-refractivity contribution in [3.8, 4) is 5.75 Å². The number of phenolic OH excluding ortho intramolecular Hbond substituents is 1. The molecule has 21 heavy (non-hydrogen) atoms. The first-order chi connectivity index (χ1) is 10.3. The van der Waals surface area contributed by atoms with Crippen LogP contribution >= 0.6 is 11.3 Å². The molecule has 2 aromatic carbocycles. The van der Waals surface area contributed by atoms with E-state index in [0.717, 1.165) is 32.5 Å². The maximum Gasteiger partial charge on any atom is 0.142 e. The van der Waals surface area contributed by atoms with E-state index in [2.05, 4.69) is 15.3 Å². The third kappa shape index (κ3) is 1.98. The lowest BCUT2D eigenvalue weighted by Gasteiger charge is -2.10. The molecule has 0 atom stereocenters. The van der Waals surface area contributed by atoms with E-state index < -0.39 is 0 Å². The highest BCUT2D eigenvalue weighted by molar-refractivity contribution is 7.16. The summed E-state index contributed by atoms with van der Waals surface area (Å²) in [5.41, 5.74) is 0.912. The minimum atomic E-state index is 0.277. The van der Waals surface area contributed by atoms with Gasteiger partial charge in [0, 0.05) is 16.5 Å². The fourth-order valence-corrected chi connectivity index (χ4v) is 3.15. The topological polar surface area (TPSA) is 58.0 Å². The Balaban J connectivity index is 1.88. The van der Waals surface area contributed by atoms with Gasteiger partial charge < -0.3 is 10.4 Å². The summed E-state index contributed by atoms with van der Waals surface area (Å²) in [4.78, 5) is 9.53. The van der Waals surface area contributed by atoms with Gasteiger partial charge in [0.1, 0.15) is 22.7 Å². The highest BCUT2D eigenvalue weighted by atomic mass is 32.1. The SMILES string of the molecule is Oc1cccc2c(Nc3ncnc4sccc34)cccc12. The van der Waals surface area contributed by atoms with Crippen LogP contribution in [0.2, 0.25) is 0 Å². The number of rotatable bonds is 2. The minimum absolute atomic E-state index is 0.277. The van der Waals surface area contributed by atoms with E-state index in [-0.39, 0.29) is 5.75 Å². The van der Waals surface area contributed by atoms with Crippen LogP contribution in [0.15, 0.2) is 54.2 Å². The maximum atomic E-state index is 9.95. The lowest BCUT2D eigenvalue weighted by molar-refractivity contribution is 0.481. The van der Waals surface area contributed by atoms with Crippen molar-refractivity contribution < 1.29 is 5.11 Å². The van der Waals surface area contributed by atoms with Crippen LogP contribution in [0.3, 0.4) is 0 Å². The number of hydrogen-bond donors (Lipinski definition) is 2. The second kappa shape index (κ2) is 4.71. The van der Waals surface area contributed by atoms with Crippen LogP contribution < -0.4 is 5.32 Å². The normalized spacial score (nSPS) is 11.0. The van der Waals surface area contributed by atoms with Gasteiger partial charge in [-0.15, -0.1) is 11.3 Å². The average Bonchev–Trinajstić information content (AvgIpc) is 2.98. The van der Waals surface area contributed by atoms with Gasteiger partial charge in [-0.1, -0.05) is 24.3 Å². The molecule has 5 heteroatoms. The molecule has 102 valence electrons. The number of hydrogen-bond acceptors (Lipinski definition) is 5. The second-order valence-electron chi connectivity index (χ2n) is 4.66. The lowest BCUT2D eigenvalue weighted by atomic mass is 10.1. The third-order valence-corrected chi connectivity index (χ3v) is 4.23. The summed E-state index contributed by atoms with van der Waals surface area (Å²) < 4.78 is 0. The maximum absolute atomic E-state index is 9.95. The van der Waals surface area contributed by atoms with E-state index in [1.807, 2.05) is 41.8 Å². The quantitative estimate of drug-likeness (QED) is 0.578. The fourth-order valence-electron chi connectivity index (χ4n) is 2.42. The van der Waals surface area contributed by atoms with Gasteiger partial charge in [-0.05, 0) is 23.6 Å². The standard InChI is InChI=1S/C16H11N3OS/c20-14-6-2-3-10-11(14)4-1-5-13(10)19-15-12-7-8-21-16(12)18-9-17-15/h1-9,20H,(H,17,18,19). The van der Waals surface area contributed by atoms with Crippen molar-refractivity contribution in [3.05, 3.63) is 54.2 Å². The van der Waals surface area contributed by atoms with E-state index in [4.69, 9.17) is 0 Å². The molecule has 4 aromatic rings. The Morgan fingerprint density at radius 2 is 1.76 bits per heavy atom. The Labute approximate surface area is 124 Å². The van der Waals surface area contributed by atoms with Gasteiger partial charge in [0.25, 0.3) is 0 Å². The van der Waals surface area contributed by atoms with Gasteiger partial charge in [-0.3, -0.25) is 0 Å². The summed E-state index contributed by atoms with van der Waals surface area (Å²) in [6, 6.07) is 13.3. The average molecular weight is 293 g/mol. The molecule has 0 fully saturated rings. The molecule has 0 aliphatic rings. The predicted molar refractivity (Wildman–Crippen MR) is 86.3 cm³/mol. The van der Waals surface area contributed by atoms with Crippen LogP contribution in [0.5, 0.6) is 5.75 Å². The van der Waals surface area contributed by atoms with Crippen LogP contribution in [0.4, 0.5) is 11.5 Å². The van der Waals surface area contributed by atoms with Crippen LogP contribution in [-0.2, 0) is 0 Å². The van der Waals surface area contributed by atoms with E-state index in [9.17, 15) is 5.11 Å². The van der Waals surface area contributed by atoms with E-state index in [0.29, 0.717) is 0 Å². The van der Waals surface area contributed by atoms with Crippen molar-refractivity contribution in [3.63, 3.8) is 0 Å². The summed E-state index contributed by atoms with van der Waals surface area (Å²) in [5, 5.41) is 18.1. The van der Waals surface area contributed by atoms with E-state index in [1.165, 1.54) is 0 Å². The molecular formula is C16H11N3OS. The number of fused-ring (bicyclic) bond motifs is 2. The molecule has 2 N–H and O–H groups in total. The number of aromatic hydroxyl groups is 1. The monoisotopic (exact) mass is 293 g/mol. The summed E-state index contributed by atoms with van der Waals surface area (Å²) in [6.07, 6.45) is 1.56. The number of aromatic nitrogens is 2. The zero-order valence-corrected chi connectivity index (χ0v) is 11.8. The van der Waals surface area contributed by atoms with E-state index >= 15 is 0 Å². The number of phenols is 1. The molecule has 0 unspecified atom stereocenters. The highest BCUT2D eigenvalue weighted by Crippen LogP contribution is 2.33. The fraction of sp³-hybridized carbons (Fsp3) is 0. The summed E-state index contributed by atoms with van der Waals surface area (Å²) in [7, 11) is 0. The molecule has 4 nitrogen and oxygen atoms in total. The van der Waals surface area contributed by atoms with Crippen molar-refractivity contribution in [2.24, 2.45) is 0 Å². The zero-order valence-electron chi connectivity index (χ0n) is 10.9. The van der Waals surface area contributed by atoms with Crippen LogP contribution in [-0.4, -0.2) is 15.1 Å². The van der Waals surface area contributed by atoms with Gasteiger partial charge in [-0.25, -0.2) is 9.97 Å². The molecule has 0 radical (unpaired) electrons. The van der Waals surface area contributed by atoms with Gasteiger partial charge in [0.2, 0.25) is 0 Å². The predicted octanol–water partition coefficient (Wildman–Crippen LogP) is 4.29. The smallest absolute Gasteiger partial charge is 0.142 e. The van der Waals surface area contributed by atoms with Crippen LogP contribution in [0, 0.1) is 0 Å². The largest absolute Gasteiger partial charge is 0.507 e. The molecular weight excluding hydrogens is 282 g/mol. The second-order valence-corrected chi connectivity index (χ2v) is 5.56. The Morgan fingerprint density at radius 3 is 2.71 bits per heavy atom. The third-order valence-electron chi connectivity index (χ3n) is 3.41. The summed E-state index contributed by atoms with van der Waals surface area (Å²) in [6.45, 7) is 0. The molecule has 0 aliphatic heterocycles. The Hall–Kier alpha value is -2.66. The van der Waals surface area contributed by atoms with Gasteiger partial charge in [0.05, 0.1) is 5.39 Å². The Bertz CT molecular complexity index is 948. The molecule has 0 aliphatic carbocycles. The first kappa shape index (κ1) is 12.1. The first-order valence-electron chi connectivity index (χ1n) is 6.49. The first-order valence-corrected chi connectivity index (χ1v) is 7.37. The van der Waals surface area contributed by atoms with Gasteiger partial charge in [0.15, 0.2) is 0 Å². The summed E-state index contributed by atoms with van der Waals surface area (Å²) >= 11 is 1.59. The van der Waals surface area contributed by atoms with Crippen molar-refractivity contribution in [2.75, 3.05) is 5.32 Å². The zero-order chi connectivity index (χ0) is 14.2. The Kier molecular flexibility index (Phi) is 2.72. The number of benzene rings is 2. The van der Waals surface area contributed by atoms with Crippen molar-refractivity contribution in [2.45, 2.75) is 0 Å². The lowest BCUT2D eigenvalue weighted by Crippen LogP contribution is -1.95. The molecule has 4 rings (SSSR count). The molecule has 0 amide bonds.